The number of hydrogen-bond donors (Lipinski definition) is 2. The third-order valence-corrected chi connectivity index (χ3v) is 4.18. The Morgan fingerprint density at radius 1 is 0.867 bits per heavy atom. The van der Waals surface area contributed by atoms with Crippen LogP contribution < -0.4 is 10.6 Å². The lowest BCUT2D eigenvalue weighted by atomic mass is 9.95. The van der Waals surface area contributed by atoms with Crippen LogP contribution in [0.5, 0.6) is 0 Å². The van der Waals surface area contributed by atoms with Gasteiger partial charge in [0.15, 0.2) is 6.10 Å². The van der Waals surface area contributed by atoms with E-state index in [2.05, 4.69) is 10.6 Å². The van der Waals surface area contributed by atoms with Gasteiger partial charge in [0, 0.05) is 29.3 Å². The fourth-order valence-corrected chi connectivity index (χ4v) is 2.48. The van der Waals surface area contributed by atoms with Crippen LogP contribution >= 0.6 is 0 Å². The number of carbonyl (C=O) groups excluding carboxylic acids is 4. The number of ether oxygens (including phenoxy) is 1. The Labute approximate surface area is 175 Å². The summed E-state index contributed by atoms with van der Waals surface area (Å²) in [5, 5.41) is 5.37. The monoisotopic (exact) mass is 410 g/mol. The molecule has 0 heterocycles. The van der Waals surface area contributed by atoms with Crippen LogP contribution in [0.15, 0.2) is 48.5 Å². The maximum atomic E-state index is 12.6. The number of amides is 2. The molecule has 0 aliphatic rings. The van der Waals surface area contributed by atoms with E-state index in [1.165, 1.54) is 26.0 Å². The molecule has 30 heavy (non-hydrogen) atoms. The standard InChI is InChI=1S/C23H26N2O5/c1-14(30-21(28)17-7-6-8-19(13-17)24-15(2)26)20(27)16-9-11-18(12-10-16)25-22(29)23(3,4)5/h6-14H,1-5H3,(H,24,26)(H,25,29)/t14-/m0/s1. The molecule has 0 fully saturated rings. The number of ketones is 1. The summed E-state index contributed by atoms with van der Waals surface area (Å²) < 4.78 is 5.28. The van der Waals surface area contributed by atoms with E-state index in [0.29, 0.717) is 16.9 Å². The van der Waals surface area contributed by atoms with Crippen molar-refractivity contribution in [3.8, 4) is 0 Å². The first kappa shape index (κ1) is 22.8. The molecule has 0 aromatic heterocycles. The summed E-state index contributed by atoms with van der Waals surface area (Å²) in [5.41, 5.74) is 1.08. The highest BCUT2D eigenvalue weighted by atomic mass is 16.5. The highest BCUT2D eigenvalue weighted by Crippen LogP contribution is 2.19. The Hall–Kier alpha value is -3.48. The zero-order valence-electron chi connectivity index (χ0n) is 17.7. The van der Waals surface area contributed by atoms with Gasteiger partial charge in [0.25, 0.3) is 0 Å². The number of esters is 1. The summed E-state index contributed by atoms with van der Waals surface area (Å²) in [7, 11) is 0. The summed E-state index contributed by atoms with van der Waals surface area (Å²) in [5.74, 6) is -1.43. The zero-order chi connectivity index (χ0) is 22.5. The molecule has 0 spiro atoms. The van der Waals surface area contributed by atoms with E-state index < -0.39 is 17.5 Å². The second-order valence-electron chi connectivity index (χ2n) is 7.96. The summed E-state index contributed by atoms with van der Waals surface area (Å²) in [6, 6.07) is 12.7. The smallest absolute Gasteiger partial charge is 0.338 e. The van der Waals surface area contributed by atoms with Crippen LogP contribution in [0.3, 0.4) is 0 Å². The maximum absolute atomic E-state index is 12.6. The highest BCUT2D eigenvalue weighted by molar-refractivity contribution is 6.02. The van der Waals surface area contributed by atoms with Crippen molar-refractivity contribution < 1.29 is 23.9 Å². The minimum atomic E-state index is -1.00. The molecule has 0 aliphatic heterocycles. The Balaban J connectivity index is 2.02. The van der Waals surface area contributed by atoms with Gasteiger partial charge in [-0.2, -0.15) is 0 Å². The minimum Gasteiger partial charge on any atom is -0.451 e. The van der Waals surface area contributed by atoms with Crippen molar-refractivity contribution in [3.63, 3.8) is 0 Å². The average Bonchev–Trinajstić information content (AvgIpc) is 2.67. The Morgan fingerprint density at radius 2 is 1.50 bits per heavy atom. The molecule has 2 aromatic rings. The maximum Gasteiger partial charge on any atom is 0.338 e. The van der Waals surface area contributed by atoms with Gasteiger partial charge in [-0.3, -0.25) is 14.4 Å². The first-order valence-electron chi connectivity index (χ1n) is 9.52. The number of carbonyl (C=O) groups is 4. The van der Waals surface area contributed by atoms with Crippen molar-refractivity contribution in [2.75, 3.05) is 10.6 Å². The second kappa shape index (κ2) is 9.35. The Bertz CT molecular complexity index is 958. The molecular formula is C23H26N2O5. The third-order valence-electron chi connectivity index (χ3n) is 4.18. The lowest BCUT2D eigenvalue weighted by Gasteiger charge is -2.18. The molecule has 7 nitrogen and oxygen atoms in total. The minimum absolute atomic E-state index is 0.134. The van der Waals surface area contributed by atoms with Gasteiger partial charge in [0.2, 0.25) is 17.6 Å². The molecule has 0 saturated carbocycles. The molecule has 2 rings (SSSR count). The third kappa shape index (κ3) is 6.27. The second-order valence-corrected chi connectivity index (χ2v) is 7.96. The van der Waals surface area contributed by atoms with Crippen molar-refractivity contribution in [2.24, 2.45) is 5.41 Å². The first-order chi connectivity index (χ1) is 14.0. The van der Waals surface area contributed by atoms with Crippen molar-refractivity contribution in [1.82, 2.24) is 0 Å². The van der Waals surface area contributed by atoms with Crippen LogP contribution in [-0.4, -0.2) is 29.7 Å². The number of hydrogen-bond acceptors (Lipinski definition) is 5. The highest BCUT2D eigenvalue weighted by Gasteiger charge is 2.23. The molecule has 1 atom stereocenters. The van der Waals surface area contributed by atoms with E-state index in [0.717, 1.165) is 0 Å². The lowest BCUT2D eigenvalue weighted by molar-refractivity contribution is -0.123. The Morgan fingerprint density at radius 3 is 2.07 bits per heavy atom. The SMILES string of the molecule is CC(=O)Nc1cccc(C(=O)O[C@@H](C)C(=O)c2ccc(NC(=O)C(C)(C)C)cc2)c1. The van der Waals surface area contributed by atoms with Gasteiger partial charge in [-0.15, -0.1) is 0 Å². The predicted octanol–water partition coefficient (Wildman–Crippen LogP) is 4.06. The van der Waals surface area contributed by atoms with Crippen molar-refractivity contribution in [3.05, 3.63) is 59.7 Å². The van der Waals surface area contributed by atoms with E-state index in [-0.39, 0.29) is 23.2 Å². The van der Waals surface area contributed by atoms with Crippen LogP contribution in [0, 0.1) is 5.41 Å². The fourth-order valence-electron chi connectivity index (χ4n) is 2.48. The van der Waals surface area contributed by atoms with E-state index >= 15 is 0 Å². The first-order valence-corrected chi connectivity index (χ1v) is 9.52. The molecule has 0 bridgehead atoms. The van der Waals surface area contributed by atoms with E-state index in [9.17, 15) is 19.2 Å². The van der Waals surface area contributed by atoms with Crippen molar-refractivity contribution >= 4 is 34.9 Å². The zero-order valence-corrected chi connectivity index (χ0v) is 17.7. The van der Waals surface area contributed by atoms with E-state index in [4.69, 9.17) is 4.74 Å². The van der Waals surface area contributed by atoms with Gasteiger partial charge >= 0.3 is 5.97 Å². The largest absolute Gasteiger partial charge is 0.451 e. The molecule has 158 valence electrons. The molecule has 0 saturated heterocycles. The van der Waals surface area contributed by atoms with Gasteiger partial charge in [0.1, 0.15) is 0 Å². The van der Waals surface area contributed by atoms with Gasteiger partial charge in [-0.05, 0) is 49.4 Å². The van der Waals surface area contributed by atoms with E-state index in [1.807, 2.05) is 20.8 Å². The van der Waals surface area contributed by atoms with Crippen LogP contribution in [-0.2, 0) is 14.3 Å². The molecule has 0 aliphatic carbocycles. The van der Waals surface area contributed by atoms with Gasteiger partial charge < -0.3 is 15.4 Å². The molecule has 0 radical (unpaired) electrons. The summed E-state index contributed by atoms with van der Waals surface area (Å²) in [6.45, 7) is 8.28. The number of nitrogens with one attached hydrogen (secondary N) is 2. The topological polar surface area (TPSA) is 102 Å². The van der Waals surface area contributed by atoms with Crippen LogP contribution in [0.2, 0.25) is 0 Å². The van der Waals surface area contributed by atoms with Crippen LogP contribution in [0.1, 0.15) is 55.3 Å². The molecule has 2 amide bonds. The summed E-state index contributed by atoms with van der Waals surface area (Å²) in [4.78, 5) is 48.2. The summed E-state index contributed by atoms with van der Waals surface area (Å²) >= 11 is 0. The van der Waals surface area contributed by atoms with Crippen molar-refractivity contribution in [1.29, 1.82) is 0 Å². The van der Waals surface area contributed by atoms with Crippen molar-refractivity contribution in [2.45, 2.75) is 40.7 Å². The van der Waals surface area contributed by atoms with Crippen LogP contribution in [0.4, 0.5) is 11.4 Å². The molecule has 2 N–H and O–H groups in total. The summed E-state index contributed by atoms with van der Waals surface area (Å²) in [6.07, 6.45) is -1.00. The fraction of sp³-hybridized carbons (Fsp3) is 0.304. The van der Waals surface area contributed by atoms with Gasteiger partial charge in [-0.1, -0.05) is 26.8 Å². The molecular weight excluding hydrogens is 384 g/mol. The molecule has 7 heteroatoms. The molecule has 0 unspecified atom stereocenters. The normalized spacial score (nSPS) is 11.9. The Kier molecular flexibility index (Phi) is 7.10. The number of Topliss-reactive ketones (excluding diaryl/α,β-unsaturated/α-hetero) is 1. The number of benzene rings is 2. The average molecular weight is 410 g/mol. The quantitative estimate of drug-likeness (QED) is 0.552. The number of rotatable bonds is 6. The van der Waals surface area contributed by atoms with Crippen LogP contribution in [0.25, 0.3) is 0 Å². The van der Waals surface area contributed by atoms with E-state index in [1.54, 1.807) is 36.4 Å². The van der Waals surface area contributed by atoms with Gasteiger partial charge in [0.05, 0.1) is 5.56 Å². The predicted molar refractivity (Wildman–Crippen MR) is 114 cm³/mol. The lowest BCUT2D eigenvalue weighted by Crippen LogP contribution is -2.27. The number of anilines is 2. The molecule has 2 aromatic carbocycles. The van der Waals surface area contributed by atoms with Gasteiger partial charge in [-0.25, -0.2) is 4.79 Å².